The molecule has 0 saturated heterocycles. The minimum Gasteiger partial charge on any atom is -0.355 e. The molecule has 0 heterocycles. The molecule has 9 heteroatoms. The maximum absolute atomic E-state index is 12.4. The molecule has 0 aliphatic carbocycles. The summed E-state index contributed by atoms with van der Waals surface area (Å²) in [4.78, 5) is 23.8. The lowest BCUT2D eigenvalue weighted by atomic mass is 10.2. The molecule has 0 unspecified atom stereocenters. The van der Waals surface area contributed by atoms with E-state index in [0.29, 0.717) is 17.9 Å². The Morgan fingerprint density at radius 3 is 2.13 bits per heavy atom. The summed E-state index contributed by atoms with van der Waals surface area (Å²) in [6.07, 6.45) is 4.27. The number of carbonyl (C=O) groups is 2. The lowest BCUT2D eigenvalue weighted by Gasteiger charge is -2.11. The second-order valence-corrected chi connectivity index (χ2v) is 8.90. The number of nitrogens with one attached hydrogen (secondary N) is 4. The number of urea groups is 1. The molecule has 31 heavy (non-hydrogen) atoms. The predicted octanol–water partition coefficient (Wildman–Crippen LogP) is 3.61. The van der Waals surface area contributed by atoms with Crippen molar-refractivity contribution in [2.45, 2.75) is 44.4 Å². The third-order valence-electron chi connectivity index (χ3n) is 4.49. The smallest absolute Gasteiger partial charge is 0.319 e. The van der Waals surface area contributed by atoms with Gasteiger partial charge >= 0.3 is 6.03 Å². The number of carbonyl (C=O) groups excluding carboxylic acids is 2. The molecule has 0 aliphatic rings. The summed E-state index contributed by atoms with van der Waals surface area (Å²) >= 11 is 0. The van der Waals surface area contributed by atoms with Crippen LogP contribution in [-0.2, 0) is 14.8 Å². The summed E-state index contributed by atoms with van der Waals surface area (Å²) < 4.78 is 27.3. The van der Waals surface area contributed by atoms with Gasteiger partial charge in [-0.25, -0.2) is 13.2 Å². The second-order valence-electron chi connectivity index (χ2n) is 7.21. The molecule has 0 fully saturated rings. The highest BCUT2D eigenvalue weighted by molar-refractivity contribution is 7.92. The number of benzene rings is 2. The van der Waals surface area contributed by atoms with Gasteiger partial charge in [0.25, 0.3) is 10.0 Å². The fourth-order valence-electron chi connectivity index (χ4n) is 2.73. The van der Waals surface area contributed by atoms with Crippen LogP contribution in [-0.4, -0.2) is 33.4 Å². The molecule has 8 nitrogen and oxygen atoms in total. The van der Waals surface area contributed by atoms with Gasteiger partial charge in [0.05, 0.1) is 11.4 Å². The standard InChI is InChI=1S/C22H30N4O4S/c1-3-4-5-6-15-23-21(27)16-24-22(28)25-18-9-11-19(12-10-18)26-31(29,30)20-13-7-17(2)8-14-20/h7-14,26H,3-6,15-16H2,1-2H3,(H,23,27)(H2,24,25,28). The summed E-state index contributed by atoms with van der Waals surface area (Å²) in [6, 6.07) is 12.3. The molecule has 0 bridgehead atoms. The van der Waals surface area contributed by atoms with Gasteiger partial charge in [-0.2, -0.15) is 0 Å². The Balaban J connectivity index is 1.78. The van der Waals surface area contributed by atoms with E-state index < -0.39 is 16.1 Å². The van der Waals surface area contributed by atoms with Crippen molar-refractivity contribution in [2.24, 2.45) is 0 Å². The topological polar surface area (TPSA) is 116 Å². The van der Waals surface area contributed by atoms with Gasteiger partial charge in [0.2, 0.25) is 5.91 Å². The van der Waals surface area contributed by atoms with Crippen molar-refractivity contribution >= 4 is 33.3 Å². The fraction of sp³-hybridized carbons (Fsp3) is 0.364. The Morgan fingerprint density at radius 1 is 0.839 bits per heavy atom. The fourth-order valence-corrected chi connectivity index (χ4v) is 3.79. The number of unbranched alkanes of at least 4 members (excludes halogenated alkanes) is 3. The number of hydrogen-bond donors (Lipinski definition) is 4. The highest BCUT2D eigenvalue weighted by atomic mass is 32.2. The largest absolute Gasteiger partial charge is 0.355 e. The van der Waals surface area contributed by atoms with E-state index >= 15 is 0 Å². The number of hydrogen-bond acceptors (Lipinski definition) is 4. The molecule has 0 saturated carbocycles. The van der Waals surface area contributed by atoms with Crippen molar-refractivity contribution < 1.29 is 18.0 Å². The van der Waals surface area contributed by atoms with Gasteiger partial charge in [0.15, 0.2) is 0 Å². The third kappa shape index (κ3) is 8.67. The van der Waals surface area contributed by atoms with E-state index in [1.807, 2.05) is 6.92 Å². The Hall–Kier alpha value is -3.07. The summed E-state index contributed by atoms with van der Waals surface area (Å²) in [6.45, 7) is 4.49. The number of amides is 3. The summed E-state index contributed by atoms with van der Waals surface area (Å²) in [5, 5.41) is 7.85. The lowest BCUT2D eigenvalue weighted by Crippen LogP contribution is -2.39. The van der Waals surface area contributed by atoms with Gasteiger partial charge in [-0.3, -0.25) is 9.52 Å². The van der Waals surface area contributed by atoms with Gasteiger partial charge < -0.3 is 16.0 Å². The first-order valence-corrected chi connectivity index (χ1v) is 11.8. The lowest BCUT2D eigenvalue weighted by molar-refractivity contribution is -0.120. The van der Waals surface area contributed by atoms with Gasteiger partial charge in [-0.1, -0.05) is 43.9 Å². The van der Waals surface area contributed by atoms with Crippen LogP contribution in [0, 0.1) is 6.92 Å². The maximum Gasteiger partial charge on any atom is 0.319 e. The van der Waals surface area contributed by atoms with Crippen molar-refractivity contribution in [3.63, 3.8) is 0 Å². The Morgan fingerprint density at radius 2 is 1.48 bits per heavy atom. The number of aryl methyl sites for hydroxylation is 1. The van der Waals surface area contributed by atoms with Crippen LogP contribution in [0.1, 0.15) is 38.2 Å². The van der Waals surface area contributed by atoms with Gasteiger partial charge in [0.1, 0.15) is 0 Å². The SMILES string of the molecule is CCCCCCNC(=O)CNC(=O)Nc1ccc(NS(=O)(=O)c2ccc(C)cc2)cc1. The highest BCUT2D eigenvalue weighted by Gasteiger charge is 2.14. The van der Waals surface area contributed by atoms with E-state index in [2.05, 4.69) is 27.6 Å². The van der Waals surface area contributed by atoms with Crippen LogP contribution >= 0.6 is 0 Å². The number of rotatable bonds is 11. The van der Waals surface area contributed by atoms with Gasteiger partial charge in [-0.15, -0.1) is 0 Å². The third-order valence-corrected chi connectivity index (χ3v) is 5.89. The first kappa shape index (κ1) is 24.2. The Labute approximate surface area is 183 Å². The monoisotopic (exact) mass is 446 g/mol. The minimum atomic E-state index is -3.69. The molecule has 2 rings (SSSR count). The van der Waals surface area contributed by atoms with Crippen LogP contribution in [0.25, 0.3) is 0 Å². The van der Waals surface area contributed by atoms with Crippen molar-refractivity contribution in [1.29, 1.82) is 0 Å². The van der Waals surface area contributed by atoms with Gasteiger partial charge in [-0.05, 0) is 49.7 Å². The van der Waals surface area contributed by atoms with Crippen molar-refractivity contribution in [2.75, 3.05) is 23.1 Å². The average molecular weight is 447 g/mol. The number of anilines is 2. The molecule has 0 radical (unpaired) electrons. The molecule has 2 aromatic rings. The molecule has 4 N–H and O–H groups in total. The summed E-state index contributed by atoms with van der Waals surface area (Å²) in [7, 11) is -3.69. The first-order chi connectivity index (χ1) is 14.8. The van der Waals surface area contributed by atoms with Crippen molar-refractivity contribution in [1.82, 2.24) is 10.6 Å². The zero-order valence-corrected chi connectivity index (χ0v) is 18.7. The van der Waals surface area contributed by atoms with Crippen LogP contribution < -0.4 is 20.7 Å². The van der Waals surface area contributed by atoms with Gasteiger partial charge in [0, 0.05) is 17.9 Å². The van der Waals surface area contributed by atoms with Crippen LogP contribution in [0.15, 0.2) is 53.4 Å². The maximum atomic E-state index is 12.4. The van der Waals surface area contributed by atoms with E-state index in [1.165, 1.54) is 0 Å². The van der Waals surface area contributed by atoms with Crippen LogP contribution in [0.3, 0.4) is 0 Å². The van der Waals surface area contributed by atoms with E-state index in [4.69, 9.17) is 0 Å². The van der Waals surface area contributed by atoms with Crippen molar-refractivity contribution in [3.8, 4) is 0 Å². The normalized spacial score (nSPS) is 10.9. The molecule has 0 spiro atoms. The second kappa shape index (κ2) is 11.9. The molecule has 3 amide bonds. The molecule has 2 aromatic carbocycles. The molecule has 0 aromatic heterocycles. The van der Waals surface area contributed by atoms with E-state index in [-0.39, 0.29) is 17.3 Å². The molecule has 0 aliphatic heterocycles. The minimum absolute atomic E-state index is 0.117. The molecule has 168 valence electrons. The average Bonchev–Trinajstić information content (AvgIpc) is 2.73. The summed E-state index contributed by atoms with van der Waals surface area (Å²) in [5.41, 5.74) is 1.81. The Kier molecular flexibility index (Phi) is 9.33. The van der Waals surface area contributed by atoms with E-state index in [0.717, 1.165) is 31.2 Å². The van der Waals surface area contributed by atoms with Crippen LogP contribution in [0.5, 0.6) is 0 Å². The highest BCUT2D eigenvalue weighted by Crippen LogP contribution is 2.18. The van der Waals surface area contributed by atoms with Crippen LogP contribution in [0.2, 0.25) is 0 Å². The van der Waals surface area contributed by atoms with E-state index in [9.17, 15) is 18.0 Å². The first-order valence-electron chi connectivity index (χ1n) is 10.3. The zero-order chi connectivity index (χ0) is 22.7. The Bertz CT molecular complexity index is 958. The quantitative estimate of drug-likeness (QED) is 0.395. The zero-order valence-electron chi connectivity index (χ0n) is 17.9. The molecular weight excluding hydrogens is 416 g/mol. The van der Waals surface area contributed by atoms with Crippen molar-refractivity contribution in [3.05, 3.63) is 54.1 Å². The number of sulfonamides is 1. The predicted molar refractivity (Wildman–Crippen MR) is 123 cm³/mol. The van der Waals surface area contributed by atoms with Crippen LogP contribution in [0.4, 0.5) is 16.2 Å². The molecule has 0 atom stereocenters. The molecular formula is C22H30N4O4S. The van der Waals surface area contributed by atoms with E-state index in [1.54, 1.807) is 48.5 Å². The summed E-state index contributed by atoms with van der Waals surface area (Å²) in [5.74, 6) is -0.243.